The first kappa shape index (κ1) is 19.1. The quantitative estimate of drug-likeness (QED) is 0.742. The molecule has 1 rings (SSSR count). The third-order valence-electron chi connectivity index (χ3n) is 2.92. The van der Waals surface area contributed by atoms with E-state index in [4.69, 9.17) is 27.9 Å². The fraction of sp³-hybridized carbons (Fsp3) is 0.562. The van der Waals surface area contributed by atoms with Gasteiger partial charge in [-0.1, -0.05) is 29.3 Å². The van der Waals surface area contributed by atoms with E-state index in [2.05, 4.69) is 17.6 Å². The summed E-state index contributed by atoms with van der Waals surface area (Å²) in [6.45, 7) is 8.92. The zero-order chi connectivity index (χ0) is 16.8. The molecule has 0 aromatic heterocycles. The van der Waals surface area contributed by atoms with Crippen LogP contribution in [-0.4, -0.2) is 24.8 Å². The third kappa shape index (κ3) is 7.34. The highest BCUT2D eigenvalue weighted by Crippen LogP contribution is 2.25. The van der Waals surface area contributed by atoms with Crippen LogP contribution < -0.4 is 10.6 Å². The number of carbonyl (C=O) groups is 1. The van der Waals surface area contributed by atoms with Gasteiger partial charge < -0.3 is 15.4 Å². The number of hydrogen-bond donors (Lipinski definition) is 2. The highest BCUT2D eigenvalue weighted by Gasteiger charge is 2.15. The molecule has 0 bridgehead atoms. The maximum atomic E-state index is 11.5. The Morgan fingerprint density at radius 2 is 1.91 bits per heavy atom. The van der Waals surface area contributed by atoms with E-state index in [-0.39, 0.29) is 12.1 Å². The van der Waals surface area contributed by atoms with Crippen molar-refractivity contribution >= 4 is 29.3 Å². The summed E-state index contributed by atoms with van der Waals surface area (Å²) in [6.07, 6.45) is 0.426. The molecule has 1 atom stereocenters. The van der Waals surface area contributed by atoms with Crippen molar-refractivity contribution < 1.29 is 9.53 Å². The molecule has 1 aromatic rings. The molecule has 2 N–H and O–H groups in total. The van der Waals surface area contributed by atoms with Gasteiger partial charge in [-0.15, -0.1) is 0 Å². The van der Waals surface area contributed by atoms with Crippen LogP contribution in [-0.2, 0) is 4.74 Å². The number of carbonyl (C=O) groups excluding carboxylic acids is 1. The van der Waals surface area contributed by atoms with Gasteiger partial charge in [0.1, 0.15) is 5.60 Å². The summed E-state index contributed by atoms with van der Waals surface area (Å²) in [5.41, 5.74) is 0.611. The van der Waals surface area contributed by atoms with Crippen LogP contribution in [0.5, 0.6) is 0 Å². The molecule has 1 aromatic carbocycles. The molecule has 124 valence electrons. The van der Waals surface area contributed by atoms with Gasteiger partial charge in [-0.3, -0.25) is 0 Å². The van der Waals surface area contributed by atoms with Crippen molar-refractivity contribution in [1.29, 1.82) is 0 Å². The second-order valence-electron chi connectivity index (χ2n) is 6.13. The van der Waals surface area contributed by atoms with Crippen molar-refractivity contribution in [3.63, 3.8) is 0 Å². The number of rotatable bonds is 6. The molecule has 4 nitrogen and oxygen atoms in total. The molecule has 6 heteroatoms. The summed E-state index contributed by atoms with van der Waals surface area (Å²) < 4.78 is 5.16. The lowest BCUT2D eigenvalue weighted by Gasteiger charge is -2.20. The topological polar surface area (TPSA) is 50.4 Å². The molecule has 22 heavy (non-hydrogen) atoms. The number of hydrogen-bond acceptors (Lipinski definition) is 3. The van der Waals surface area contributed by atoms with Crippen molar-refractivity contribution in [2.75, 3.05) is 13.1 Å². The van der Waals surface area contributed by atoms with E-state index < -0.39 is 5.60 Å². The molecule has 1 unspecified atom stereocenters. The van der Waals surface area contributed by atoms with Gasteiger partial charge in [-0.05, 0) is 58.4 Å². The Kier molecular flexibility index (Phi) is 7.46. The molecular formula is C16H24Cl2N2O2. The van der Waals surface area contributed by atoms with Gasteiger partial charge in [0.15, 0.2) is 0 Å². The normalized spacial score (nSPS) is 12.8. The first-order valence-corrected chi connectivity index (χ1v) is 8.10. The van der Waals surface area contributed by atoms with Gasteiger partial charge in [0, 0.05) is 12.6 Å². The summed E-state index contributed by atoms with van der Waals surface area (Å²) in [5.74, 6) is 0. The molecule has 0 fully saturated rings. The maximum Gasteiger partial charge on any atom is 0.407 e. The lowest BCUT2D eigenvalue weighted by molar-refractivity contribution is 0.0527. The van der Waals surface area contributed by atoms with Gasteiger partial charge in [0.25, 0.3) is 0 Å². The van der Waals surface area contributed by atoms with E-state index >= 15 is 0 Å². The minimum atomic E-state index is -0.468. The van der Waals surface area contributed by atoms with Crippen molar-refractivity contribution in [3.05, 3.63) is 33.8 Å². The van der Waals surface area contributed by atoms with E-state index in [1.54, 1.807) is 6.07 Å². The van der Waals surface area contributed by atoms with Crippen molar-refractivity contribution in [1.82, 2.24) is 10.6 Å². The number of alkyl carbamates (subject to hydrolysis) is 1. The highest BCUT2D eigenvalue weighted by atomic mass is 35.5. The predicted molar refractivity (Wildman–Crippen MR) is 91.7 cm³/mol. The van der Waals surface area contributed by atoms with E-state index in [1.165, 1.54) is 0 Å². The number of benzene rings is 1. The molecule has 0 heterocycles. The Bertz CT molecular complexity index is 501. The van der Waals surface area contributed by atoms with Crippen molar-refractivity contribution in [2.24, 2.45) is 0 Å². The van der Waals surface area contributed by atoms with Crippen LogP contribution in [0, 0.1) is 0 Å². The SMILES string of the molecule is CC(NCCCNC(=O)OC(C)(C)C)c1ccc(Cl)c(Cl)c1. The van der Waals surface area contributed by atoms with E-state index in [0.717, 1.165) is 18.5 Å². The van der Waals surface area contributed by atoms with Crippen LogP contribution in [0.15, 0.2) is 18.2 Å². The van der Waals surface area contributed by atoms with Crippen LogP contribution in [0.25, 0.3) is 0 Å². The van der Waals surface area contributed by atoms with Crippen LogP contribution in [0.1, 0.15) is 45.7 Å². The maximum absolute atomic E-state index is 11.5. The summed E-state index contributed by atoms with van der Waals surface area (Å²) >= 11 is 11.9. The van der Waals surface area contributed by atoms with Crippen LogP contribution in [0.2, 0.25) is 10.0 Å². The fourth-order valence-electron chi connectivity index (χ4n) is 1.81. The standard InChI is InChI=1S/C16H24Cl2N2O2/c1-11(12-6-7-13(17)14(18)10-12)19-8-5-9-20-15(21)22-16(2,3)4/h6-7,10-11,19H,5,8-9H2,1-4H3,(H,20,21). The second kappa shape index (κ2) is 8.61. The first-order valence-electron chi connectivity index (χ1n) is 7.34. The minimum Gasteiger partial charge on any atom is -0.444 e. The molecule has 1 amide bonds. The number of halogens is 2. The first-order chi connectivity index (χ1) is 10.2. The zero-order valence-corrected chi connectivity index (χ0v) is 15.0. The Morgan fingerprint density at radius 3 is 2.50 bits per heavy atom. The molecule has 0 radical (unpaired) electrons. The van der Waals surface area contributed by atoms with E-state index in [1.807, 2.05) is 32.9 Å². The summed E-state index contributed by atoms with van der Waals surface area (Å²) in [5, 5.41) is 7.21. The molecule has 0 aliphatic heterocycles. The fourth-order valence-corrected chi connectivity index (χ4v) is 2.12. The van der Waals surface area contributed by atoms with Crippen molar-refractivity contribution in [3.8, 4) is 0 Å². The van der Waals surface area contributed by atoms with Gasteiger partial charge in [0.2, 0.25) is 0 Å². The van der Waals surface area contributed by atoms with E-state index in [0.29, 0.717) is 16.6 Å². The Balaban J connectivity index is 2.24. The van der Waals surface area contributed by atoms with Crippen LogP contribution in [0.3, 0.4) is 0 Å². The summed E-state index contributed by atoms with van der Waals surface area (Å²) in [6, 6.07) is 5.77. The smallest absolute Gasteiger partial charge is 0.407 e. The third-order valence-corrected chi connectivity index (χ3v) is 3.65. The van der Waals surface area contributed by atoms with E-state index in [9.17, 15) is 4.79 Å². The van der Waals surface area contributed by atoms with Gasteiger partial charge in [-0.25, -0.2) is 4.79 Å². The largest absolute Gasteiger partial charge is 0.444 e. The van der Waals surface area contributed by atoms with Crippen LogP contribution in [0.4, 0.5) is 4.79 Å². The van der Waals surface area contributed by atoms with Gasteiger partial charge >= 0.3 is 6.09 Å². The lowest BCUT2D eigenvalue weighted by Crippen LogP contribution is -2.34. The molecule has 0 aliphatic carbocycles. The Labute approximate surface area is 142 Å². The molecule has 0 saturated heterocycles. The van der Waals surface area contributed by atoms with Gasteiger partial charge in [0.05, 0.1) is 10.0 Å². The predicted octanol–water partition coefficient (Wildman–Crippen LogP) is 4.56. The van der Waals surface area contributed by atoms with Crippen LogP contribution >= 0.6 is 23.2 Å². The number of amides is 1. The Hall–Kier alpha value is -0.970. The average molecular weight is 347 g/mol. The minimum absolute atomic E-state index is 0.163. The molecular weight excluding hydrogens is 323 g/mol. The highest BCUT2D eigenvalue weighted by molar-refractivity contribution is 6.42. The van der Waals surface area contributed by atoms with Crippen molar-refractivity contribution in [2.45, 2.75) is 45.8 Å². The monoisotopic (exact) mass is 346 g/mol. The molecule has 0 aliphatic rings. The number of ether oxygens (including phenoxy) is 1. The molecule has 0 spiro atoms. The Morgan fingerprint density at radius 1 is 1.23 bits per heavy atom. The summed E-state index contributed by atoms with van der Waals surface area (Å²) in [7, 11) is 0. The molecule has 0 saturated carbocycles. The second-order valence-corrected chi connectivity index (χ2v) is 6.95. The zero-order valence-electron chi connectivity index (χ0n) is 13.5. The average Bonchev–Trinajstić information content (AvgIpc) is 2.39. The lowest BCUT2D eigenvalue weighted by atomic mass is 10.1. The number of nitrogens with one attached hydrogen (secondary N) is 2. The summed E-state index contributed by atoms with van der Waals surface area (Å²) in [4.78, 5) is 11.5. The van der Waals surface area contributed by atoms with Gasteiger partial charge in [-0.2, -0.15) is 0 Å².